The summed E-state index contributed by atoms with van der Waals surface area (Å²) >= 11 is 8.18. The molecule has 0 aliphatic rings. The lowest BCUT2D eigenvalue weighted by molar-refractivity contribution is -0.167. The number of halogens is 5. The number of sulfone groups is 1. The smallest absolute Gasteiger partial charge is 0.309 e. The summed E-state index contributed by atoms with van der Waals surface area (Å²) in [7, 11) is -4.09. The van der Waals surface area contributed by atoms with Gasteiger partial charge >= 0.3 is 12.1 Å². The van der Waals surface area contributed by atoms with Gasteiger partial charge in [-0.25, -0.2) is 8.42 Å². The van der Waals surface area contributed by atoms with Crippen molar-refractivity contribution in [1.29, 1.82) is 0 Å². The quantitative estimate of drug-likeness (QED) is 0.645. The predicted octanol–water partition coefficient (Wildman–Crippen LogP) is 4.34. The first-order chi connectivity index (χ1) is 10.5. The molecule has 2 aromatic rings. The molecule has 0 spiro atoms. The van der Waals surface area contributed by atoms with Crippen LogP contribution < -0.4 is 5.32 Å². The van der Waals surface area contributed by atoms with Gasteiger partial charge in [-0.2, -0.15) is 13.2 Å². The summed E-state index contributed by atoms with van der Waals surface area (Å²) in [6, 6.07) is 6.36. The van der Waals surface area contributed by atoms with Gasteiger partial charge in [0.2, 0.25) is 9.84 Å². The van der Waals surface area contributed by atoms with Crippen LogP contribution in [-0.4, -0.2) is 20.5 Å². The number of nitrogens with one attached hydrogen (secondary N) is 1. The average Bonchev–Trinajstić information content (AvgIpc) is 2.79. The fourth-order valence-electron chi connectivity index (χ4n) is 1.55. The van der Waals surface area contributed by atoms with E-state index in [-0.39, 0.29) is 9.90 Å². The van der Waals surface area contributed by atoms with Crippen LogP contribution in [0.15, 0.2) is 40.1 Å². The van der Waals surface area contributed by atoms with E-state index < -0.39 is 26.8 Å². The van der Waals surface area contributed by atoms with Crippen molar-refractivity contribution >= 4 is 66.3 Å². The molecule has 0 aliphatic carbocycles. The number of amides is 1. The summed E-state index contributed by atoms with van der Waals surface area (Å²) in [6.07, 6.45) is -5.11. The number of benzene rings is 1. The van der Waals surface area contributed by atoms with E-state index in [2.05, 4.69) is 0 Å². The standard InChI is InChI=1S/C12H6ClF3INO3S2/c13-6-1-3-7(4-2-6)23(20,21)8-5-9(17)22-10(8)18-11(19)12(14,15)16/h1-5H,(H,18,19). The maximum atomic E-state index is 12.5. The highest BCUT2D eigenvalue weighted by atomic mass is 127. The first-order valence-corrected chi connectivity index (χ1v) is 9.45. The highest BCUT2D eigenvalue weighted by Gasteiger charge is 2.40. The number of alkyl halides is 3. The Bertz CT molecular complexity index is 847. The van der Waals surface area contributed by atoms with Crippen LogP contribution in [0.2, 0.25) is 5.02 Å². The molecule has 1 aromatic heterocycles. The van der Waals surface area contributed by atoms with Crippen molar-refractivity contribution in [3.63, 3.8) is 0 Å². The van der Waals surface area contributed by atoms with Gasteiger partial charge in [-0.3, -0.25) is 4.79 Å². The lowest BCUT2D eigenvalue weighted by atomic mass is 10.4. The van der Waals surface area contributed by atoms with Gasteiger partial charge in [0.05, 0.1) is 7.78 Å². The third-order valence-corrected chi connectivity index (χ3v) is 6.55. The van der Waals surface area contributed by atoms with Crippen molar-refractivity contribution in [3.05, 3.63) is 38.2 Å². The van der Waals surface area contributed by atoms with Crippen LogP contribution in [0.4, 0.5) is 18.2 Å². The topological polar surface area (TPSA) is 63.2 Å². The molecule has 2 rings (SSSR count). The zero-order chi connectivity index (χ0) is 17.4. The summed E-state index contributed by atoms with van der Waals surface area (Å²) in [5.74, 6) is -2.23. The van der Waals surface area contributed by atoms with Gasteiger partial charge in [-0.05, 0) is 52.9 Å². The molecular formula is C12H6ClF3INO3S2. The first kappa shape index (κ1) is 18.5. The summed E-state index contributed by atoms with van der Waals surface area (Å²) in [4.78, 5) is 10.5. The van der Waals surface area contributed by atoms with Crippen molar-refractivity contribution in [3.8, 4) is 0 Å². The van der Waals surface area contributed by atoms with Gasteiger partial charge < -0.3 is 5.32 Å². The Morgan fingerprint density at radius 3 is 2.30 bits per heavy atom. The molecule has 4 nitrogen and oxygen atoms in total. The van der Waals surface area contributed by atoms with Gasteiger partial charge in [0, 0.05) is 5.02 Å². The summed E-state index contributed by atoms with van der Waals surface area (Å²) in [6.45, 7) is 0. The number of hydrogen-bond acceptors (Lipinski definition) is 4. The highest BCUT2D eigenvalue weighted by Crippen LogP contribution is 2.37. The molecular weight excluding hydrogens is 490 g/mol. The third kappa shape index (κ3) is 4.17. The van der Waals surface area contributed by atoms with Crippen molar-refractivity contribution in [2.75, 3.05) is 5.32 Å². The van der Waals surface area contributed by atoms with Crippen LogP contribution in [-0.2, 0) is 14.6 Å². The van der Waals surface area contributed by atoms with E-state index in [1.54, 1.807) is 27.9 Å². The molecule has 0 unspecified atom stereocenters. The molecule has 0 bridgehead atoms. The van der Waals surface area contributed by atoms with E-state index in [1.165, 1.54) is 30.3 Å². The highest BCUT2D eigenvalue weighted by molar-refractivity contribution is 14.1. The zero-order valence-corrected chi connectivity index (χ0v) is 15.4. The van der Waals surface area contributed by atoms with Gasteiger partial charge in [0.1, 0.15) is 9.90 Å². The van der Waals surface area contributed by atoms with E-state index in [0.717, 1.165) is 11.3 Å². The van der Waals surface area contributed by atoms with Crippen LogP contribution in [0, 0.1) is 2.88 Å². The maximum absolute atomic E-state index is 12.5. The van der Waals surface area contributed by atoms with Gasteiger partial charge in [0.15, 0.2) is 0 Å². The monoisotopic (exact) mass is 495 g/mol. The molecule has 1 N–H and O–H groups in total. The number of carbonyl (C=O) groups is 1. The van der Waals surface area contributed by atoms with Crippen molar-refractivity contribution in [1.82, 2.24) is 0 Å². The van der Waals surface area contributed by atoms with E-state index in [9.17, 15) is 26.4 Å². The number of carbonyl (C=O) groups excluding carboxylic acids is 1. The molecule has 23 heavy (non-hydrogen) atoms. The van der Waals surface area contributed by atoms with Crippen molar-refractivity contribution in [2.24, 2.45) is 0 Å². The van der Waals surface area contributed by atoms with Gasteiger partial charge in [-0.1, -0.05) is 11.6 Å². The molecule has 0 saturated carbocycles. The minimum atomic E-state index is -5.11. The molecule has 0 saturated heterocycles. The zero-order valence-electron chi connectivity index (χ0n) is 10.8. The van der Waals surface area contributed by atoms with Gasteiger partial charge in [-0.15, -0.1) is 11.3 Å². The van der Waals surface area contributed by atoms with Crippen molar-refractivity contribution in [2.45, 2.75) is 16.0 Å². The summed E-state index contributed by atoms with van der Waals surface area (Å²) in [5.41, 5.74) is 0. The van der Waals surface area contributed by atoms with Crippen LogP contribution in [0.5, 0.6) is 0 Å². The van der Waals surface area contributed by atoms with Crippen LogP contribution >= 0.6 is 45.5 Å². The Hall–Kier alpha value is -0.850. The first-order valence-electron chi connectivity index (χ1n) is 5.70. The maximum Gasteiger partial charge on any atom is 0.471 e. The number of rotatable bonds is 3. The van der Waals surface area contributed by atoms with Crippen LogP contribution in [0.3, 0.4) is 0 Å². The Labute approximate surface area is 151 Å². The fourth-order valence-corrected chi connectivity index (χ4v) is 5.38. The molecule has 124 valence electrons. The number of anilines is 1. The number of thiophene rings is 1. The lowest BCUT2D eigenvalue weighted by Crippen LogP contribution is -2.30. The van der Waals surface area contributed by atoms with Crippen LogP contribution in [0.25, 0.3) is 0 Å². The van der Waals surface area contributed by atoms with E-state index in [4.69, 9.17) is 11.6 Å². The largest absolute Gasteiger partial charge is 0.471 e. The molecule has 0 radical (unpaired) electrons. The molecule has 1 amide bonds. The SMILES string of the molecule is O=C(Nc1sc(I)cc1S(=O)(=O)c1ccc(Cl)cc1)C(F)(F)F. The normalized spacial score (nSPS) is 12.2. The Kier molecular flexibility index (Phi) is 5.28. The second-order valence-corrected chi connectivity index (χ2v) is 9.45. The van der Waals surface area contributed by atoms with Crippen LogP contribution in [0.1, 0.15) is 0 Å². The second kappa shape index (κ2) is 6.57. The molecule has 0 fully saturated rings. The second-order valence-electron chi connectivity index (χ2n) is 4.15. The predicted molar refractivity (Wildman–Crippen MR) is 88.6 cm³/mol. The number of hydrogen-bond donors (Lipinski definition) is 1. The van der Waals surface area contributed by atoms with Gasteiger partial charge in [0.25, 0.3) is 0 Å². The summed E-state index contributed by atoms with van der Waals surface area (Å²) in [5, 5.41) is 1.53. The molecule has 1 heterocycles. The Balaban J connectivity index is 2.47. The molecule has 11 heteroatoms. The molecule has 1 aromatic carbocycles. The van der Waals surface area contributed by atoms with E-state index >= 15 is 0 Å². The van der Waals surface area contributed by atoms with E-state index in [0.29, 0.717) is 7.91 Å². The van der Waals surface area contributed by atoms with E-state index in [1.807, 2.05) is 0 Å². The molecule has 0 atom stereocenters. The Morgan fingerprint density at radius 1 is 1.22 bits per heavy atom. The Morgan fingerprint density at radius 2 is 1.78 bits per heavy atom. The minimum Gasteiger partial charge on any atom is -0.309 e. The average molecular weight is 496 g/mol. The third-order valence-electron chi connectivity index (χ3n) is 2.57. The fraction of sp³-hybridized carbons (Fsp3) is 0.0833. The molecule has 0 aliphatic heterocycles. The minimum absolute atomic E-state index is 0.140. The summed E-state index contributed by atoms with van der Waals surface area (Å²) < 4.78 is 62.6. The lowest BCUT2D eigenvalue weighted by Gasteiger charge is -2.09. The van der Waals surface area contributed by atoms with Crippen molar-refractivity contribution < 1.29 is 26.4 Å².